The third kappa shape index (κ3) is 6.17. The molecule has 0 fully saturated rings. The van der Waals surface area contributed by atoms with Gasteiger partial charge in [-0.05, 0) is 30.3 Å². The number of nitrogens with zero attached hydrogens (tertiary/aromatic N) is 2. The molecular weight excluding hydrogens is 471 g/mol. The van der Waals surface area contributed by atoms with Crippen LogP contribution in [-0.4, -0.2) is 41.5 Å². The quantitative estimate of drug-likeness (QED) is 0.196. The topological polar surface area (TPSA) is 82.5 Å². The molecule has 34 heavy (non-hydrogen) atoms. The highest BCUT2D eigenvalue weighted by Gasteiger charge is 2.31. The molecule has 7 nitrogen and oxygen atoms in total. The van der Waals surface area contributed by atoms with Crippen LogP contribution in [0.5, 0.6) is 5.75 Å². The van der Waals surface area contributed by atoms with E-state index in [1.165, 1.54) is 17.8 Å². The lowest BCUT2D eigenvalue weighted by Crippen LogP contribution is -2.24. The first-order chi connectivity index (χ1) is 16.2. The Kier molecular flexibility index (Phi) is 8.35. The fraction of sp³-hybridized carbons (Fsp3) is 0.261. The normalized spacial score (nSPS) is 11.4. The van der Waals surface area contributed by atoms with E-state index < -0.39 is 17.6 Å². The molecule has 1 aromatic heterocycles. The number of hydrogen-bond donors (Lipinski definition) is 1. The summed E-state index contributed by atoms with van der Waals surface area (Å²) in [4.78, 5) is 29.9. The number of aromatic nitrogens is 2. The Bertz CT molecular complexity index is 1240. The largest absolute Gasteiger partial charge is 0.489 e. The maximum absolute atomic E-state index is 13.2. The van der Waals surface area contributed by atoms with Crippen LogP contribution in [-0.2, 0) is 22.3 Å². The summed E-state index contributed by atoms with van der Waals surface area (Å²) in [5.74, 6) is -0.709. The number of para-hydroxylation sites is 1. The SMILES string of the molecule is C=CCn1c(SCC(=O)Nc2cc(C(F)(F)F)ccc2OCCOC)nc2ccccc2c1=O. The summed E-state index contributed by atoms with van der Waals surface area (Å²) in [5.41, 5.74) is -0.848. The number of benzene rings is 2. The molecule has 1 amide bonds. The number of amides is 1. The van der Waals surface area contributed by atoms with Gasteiger partial charge in [-0.2, -0.15) is 13.2 Å². The first-order valence-corrected chi connectivity index (χ1v) is 11.1. The minimum Gasteiger partial charge on any atom is -0.489 e. The summed E-state index contributed by atoms with van der Waals surface area (Å²) < 4.78 is 51.2. The molecule has 0 aliphatic heterocycles. The van der Waals surface area contributed by atoms with E-state index in [9.17, 15) is 22.8 Å². The Morgan fingerprint density at radius 2 is 2.00 bits per heavy atom. The monoisotopic (exact) mass is 493 g/mol. The van der Waals surface area contributed by atoms with E-state index in [0.29, 0.717) is 16.1 Å². The molecule has 0 unspecified atom stereocenters. The van der Waals surface area contributed by atoms with Gasteiger partial charge in [0.05, 0.1) is 34.5 Å². The Labute approximate surface area is 197 Å². The fourth-order valence-electron chi connectivity index (χ4n) is 3.03. The van der Waals surface area contributed by atoms with Gasteiger partial charge in [-0.25, -0.2) is 4.98 Å². The van der Waals surface area contributed by atoms with E-state index in [1.54, 1.807) is 24.3 Å². The highest BCUT2D eigenvalue weighted by Crippen LogP contribution is 2.35. The number of carbonyl (C=O) groups is 1. The van der Waals surface area contributed by atoms with Crippen LogP contribution in [0.25, 0.3) is 10.9 Å². The third-order valence-electron chi connectivity index (χ3n) is 4.60. The van der Waals surface area contributed by atoms with Gasteiger partial charge in [-0.1, -0.05) is 30.0 Å². The lowest BCUT2D eigenvalue weighted by Gasteiger charge is -2.15. The molecule has 0 bridgehead atoms. The smallest absolute Gasteiger partial charge is 0.416 e. The van der Waals surface area contributed by atoms with Gasteiger partial charge in [-0.15, -0.1) is 6.58 Å². The van der Waals surface area contributed by atoms with E-state index in [2.05, 4.69) is 16.9 Å². The highest BCUT2D eigenvalue weighted by molar-refractivity contribution is 7.99. The maximum atomic E-state index is 13.2. The standard InChI is InChI=1S/C23H22F3N3O4S/c1-3-10-29-21(31)16-6-4-5-7-17(16)28-22(29)34-14-20(30)27-18-13-15(23(24,25)26)8-9-19(18)33-12-11-32-2/h3-9,13H,1,10-12,14H2,2H3,(H,27,30). The Balaban J connectivity index is 1.82. The Morgan fingerprint density at radius 3 is 2.71 bits per heavy atom. The number of methoxy groups -OCH3 is 1. The zero-order chi connectivity index (χ0) is 24.7. The fourth-order valence-corrected chi connectivity index (χ4v) is 3.84. The second-order valence-electron chi connectivity index (χ2n) is 7.00. The predicted molar refractivity (Wildman–Crippen MR) is 124 cm³/mol. The van der Waals surface area contributed by atoms with Crippen LogP contribution in [0.2, 0.25) is 0 Å². The Hall–Kier alpha value is -3.31. The lowest BCUT2D eigenvalue weighted by atomic mass is 10.1. The van der Waals surface area contributed by atoms with Crippen molar-refractivity contribution in [1.82, 2.24) is 9.55 Å². The molecule has 11 heteroatoms. The molecule has 0 spiro atoms. The average Bonchev–Trinajstić information content (AvgIpc) is 2.80. The number of nitrogens with one attached hydrogen (secondary N) is 1. The molecule has 0 atom stereocenters. The van der Waals surface area contributed by atoms with Gasteiger partial charge < -0.3 is 14.8 Å². The third-order valence-corrected chi connectivity index (χ3v) is 5.57. The van der Waals surface area contributed by atoms with Crippen molar-refractivity contribution in [2.24, 2.45) is 0 Å². The minimum atomic E-state index is -4.59. The average molecular weight is 494 g/mol. The van der Waals surface area contributed by atoms with Crippen molar-refractivity contribution < 1.29 is 27.4 Å². The van der Waals surface area contributed by atoms with Crippen molar-refractivity contribution in [2.45, 2.75) is 17.9 Å². The zero-order valence-corrected chi connectivity index (χ0v) is 19.0. The summed E-state index contributed by atoms with van der Waals surface area (Å²) in [6, 6.07) is 9.65. The van der Waals surface area contributed by atoms with Gasteiger partial charge in [-0.3, -0.25) is 14.2 Å². The van der Waals surface area contributed by atoms with Gasteiger partial charge in [0.2, 0.25) is 5.91 Å². The molecule has 0 saturated carbocycles. The molecule has 1 N–H and O–H groups in total. The lowest BCUT2D eigenvalue weighted by molar-refractivity contribution is -0.137. The van der Waals surface area contributed by atoms with E-state index in [0.717, 1.165) is 30.0 Å². The van der Waals surface area contributed by atoms with Crippen LogP contribution < -0.4 is 15.6 Å². The number of thioether (sulfide) groups is 1. The van der Waals surface area contributed by atoms with Crippen LogP contribution in [0.1, 0.15) is 5.56 Å². The number of fused-ring (bicyclic) bond motifs is 1. The molecule has 0 aliphatic carbocycles. The van der Waals surface area contributed by atoms with E-state index in [1.807, 2.05) is 0 Å². The zero-order valence-electron chi connectivity index (χ0n) is 18.2. The number of carbonyl (C=O) groups excluding carboxylic acids is 1. The Morgan fingerprint density at radius 1 is 1.24 bits per heavy atom. The number of alkyl halides is 3. The molecule has 0 aliphatic rings. The van der Waals surface area contributed by atoms with Crippen molar-refractivity contribution in [3.05, 3.63) is 71.0 Å². The summed E-state index contributed by atoms with van der Waals surface area (Å²) in [6.07, 6.45) is -3.05. The highest BCUT2D eigenvalue weighted by atomic mass is 32.2. The van der Waals surface area contributed by atoms with Crippen molar-refractivity contribution in [2.75, 3.05) is 31.4 Å². The van der Waals surface area contributed by atoms with Gasteiger partial charge in [0.1, 0.15) is 12.4 Å². The van der Waals surface area contributed by atoms with Crippen LogP contribution in [0.3, 0.4) is 0 Å². The summed E-state index contributed by atoms with van der Waals surface area (Å²) in [7, 11) is 1.46. The number of anilines is 1. The number of rotatable bonds is 10. The second-order valence-corrected chi connectivity index (χ2v) is 7.95. The maximum Gasteiger partial charge on any atom is 0.416 e. The number of hydrogen-bond acceptors (Lipinski definition) is 6. The first kappa shape index (κ1) is 25.3. The van der Waals surface area contributed by atoms with Crippen molar-refractivity contribution in [1.29, 1.82) is 0 Å². The molecule has 3 rings (SSSR count). The van der Waals surface area contributed by atoms with Gasteiger partial charge in [0, 0.05) is 13.7 Å². The van der Waals surface area contributed by atoms with E-state index in [4.69, 9.17) is 9.47 Å². The molecule has 0 saturated heterocycles. The number of ether oxygens (including phenoxy) is 2. The van der Waals surface area contributed by atoms with Crippen molar-refractivity contribution in [3.8, 4) is 5.75 Å². The van der Waals surface area contributed by atoms with E-state index >= 15 is 0 Å². The first-order valence-electron chi connectivity index (χ1n) is 10.1. The van der Waals surface area contributed by atoms with Gasteiger partial charge in [0.25, 0.3) is 5.56 Å². The van der Waals surface area contributed by atoms with Crippen molar-refractivity contribution in [3.63, 3.8) is 0 Å². The molecule has 180 valence electrons. The second kappa shape index (κ2) is 11.2. The molecule has 3 aromatic rings. The minimum absolute atomic E-state index is 0.0794. The predicted octanol–water partition coefficient (Wildman–Crippen LogP) is 4.36. The molecule has 2 aromatic carbocycles. The van der Waals surface area contributed by atoms with Crippen LogP contribution in [0.4, 0.5) is 18.9 Å². The van der Waals surface area contributed by atoms with Crippen LogP contribution in [0, 0.1) is 0 Å². The van der Waals surface area contributed by atoms with Crippen LogP contribution >= 0.6 is 11.8 Å². The number of allylic oxidation sites excluding steroid dienone is 1. The van der Waals surface area contributed by atoms with E-state index in [-0.39, 0.29) is 42.5 Å². The number of halogens is 3. The van der Waals surface area contributed by atoms with Gasteiger partial charge >= 0.3 is 6.18 Å². The molecular formula is C23H22F3N3O4S. The summed E-state index contributed by atoms with van der Waals surface area (Å²) >= 11 is 0.989. The summed E-state index contributed by atoms with van der Waals surface area (Å²) in [6.45, 7) is 4.15. The van der Waals surface area contributed by atoms with Gasteiger partial charge in [0.15, 0.2) is 5.16 Å². The summed E-state index contributed by atoms with van der Waals surface area (Å²) in [5, 5.41) is 3.18. The van der Waals surface area contributed by atoms with Crippen LogP contribution in [0.15, 0.2) is 65.1 Å². The molecule has 0 radical (unpaired) electrons. The van der Waals surface area contributed by atoms with Crippen molar-refractivity contribution >= 4 is 34.3 Å². The molecule has 1 heterocycles.